The average Bonchev–Trinajstić information content (AvgIpc) is 3.06. The van der Waals surface area contributed by atoms with E-state index in [0.717, 1.165) is 41.5 Å². The van der Waals surface area contributed by atoms with Crippen LogP contribution in [0.3, 0.4) is 0 Å². The molecule has 3 amide bonds. The van der Waals surface area contributed by atoms with Crippen LogP contribution in [-0.2, 0) is 17.6 Å². The lowest BCUT2D eigenvalue weighted by molar-refractivity contribution is -0.119. The number of primary amides is 1. The Morgan fingerprint density at radius 3 is 2.84 bits per heavy atom. The molecule has 10 heteroatoms. The number of hydrogen-bond donors (Lipinski definition) is 2. The molecular weight excluding hydrogens is 439 g/mol. The number of thioether (sulfide) groups is 1. The first-order valence-electron chi connectivity index (χ1n) is 9.85. The van der Waals surface area contributed by atoms with E-state index in [-0.39, 0.29) is 16.4 Å². The number of rotatable bonds is 4. The van der Waals surface area contributed by atoms with Crippen molar-refractivity contribution >= 4 is 45.3 Å². The van der Waals surface area contributed by atoms with Crippen LogP contribution < -0.4 is 16.6 Å². The molecule has 3 N–H and O–H groups in total. The number of carbonyl (C=O) groups is 2. The van der Waals surface area contributed by atoms with Crippen molar-refractivity contribution in [3.63, 3.8) is 0 Å². The zero-order valence-corrected chi connectivity index (χ0v) is 18.6. The minimum atomic E-state index is -0.965. The summed E-state index contributed by atoms with van der Waals surface area (Å²) in [6, 6.07) is 4.99. The molecule has 162 valence electrons. The van der Waals surface area contributed by atoms with Gasteiger partial charge in [0.2, 0.25) is 5.91 Å². The highest BCUT2D eigenvalue weighted by atomic mass is 32.2. The van der Waals surface area contributed by atoms with E-state index >= 15 is 0 Å². The minimum absolute atomic E-state index is 0.0658. The Hall–Kier alpha value is -2.72. The number of nitrogens with zero attached hydrogens (tertiary/aromatic N) is 2. The topological polar surface area (TPSA) is 107 Å². The number of carbonyl (C=O) groups excluding carboxylic acids is 2. The van der Waals surface area contributed by atoms with E-state index in [1.54, 1.807) is 19.1 Å². The third-order valence-electron chi connectivity index (χ3n) is 5.29. The summed E-state index contributed by atoms with van der Waals surface area (Å²) in [5.74, 6) is -0.661. The summed E-state index contributed by atoms with van der Waals surface area (Å²) >= 11 is 2.45. The second kappa shape index (κ2) is 8.43. The fourth-order valence-corrected chi connectivity index (χ4v) is 6.07. The fourth-order valence-electron chi connectivity index (χ4n) is 3.73. The predicted octanol–water partition coefficient (Wildman–Crippen LogP) is 3.39. The number of imide groups is 1. The zero-order valence-electron chi connectivity index (χ0n) is 17.0. The summed E-state index contributed by atoms with van der Waals surface area (Å²) in [7, 11) is 0. The zero-order chi connectivity index (χ0) is 22.3. The van der Waals surface area contributed by atoms with E-state index in [4.69, 9.17) is 5.73 Å². The summed E-state index contributed by atoms with van der Waals surface area (Å²) in [4.78, 5) is 43.2. The molecule has 7 nitrogen and oxygen atoms in total. The van der Waals surface area contributed by atoms with E-state index in [1.165, 1.54) is 28.0 Å². The number of fused-ring (bicyclic) bond motifs is 3. The van der Waals surface area contributed by atoms with Gasteiger partial charge in [-0.2, -0.15) is 0 Å². The third kappa shape index (κ3) is 4.09. The number of amides is 3. The second-order valence-electron chi connectivity index (χ2n) is 7.63. The highest BCUT2D eigenvalue weighted by molar-refractivity contribution is 8.00. The molecule has 0 unspecified atom stereocenters. The highest BCUT2D eigenvalue weighted by Crippen LogP contribution is 2.37. The molecule has 0 spiro atoms. The molecule has 0 saturated carbocycles. The third-order valence-corrected chi connectivity index (χ3v) is 7.49. The molecule has 0 aliphatic heterocycles. The maximum atomic E-state index is 14.7. The summed E-state index contributed by atoms with van der Waals surface area (Å²) in [6.07, 6.45) is 2.66. The number of nitrogens with two attached hydrogens (primary N) is 1. The van der Waals surface area contributed by atoms with Crippen LogP contribution in [0.4, 0.5) is 9.18 Å². The van der Waals surface area contributed by atoms with Gasteiger partial charge in [-0.15, -0.1) is 11.3 Å². The average molecular weight is 461 g/mol. The predicted molar refractivity (Wildman–Crippen MR) is 119 cm³/mol. The first-order chi connectivity index (χ1) is 14.8. The standard InChI is InChI=1S/C21H21FN4O3S2/c1-10-7-8-12-15(9-10)31-18-16(12)19(28)26(14-6-4-3-5-13(14)22)21(25-18)30-11(2)17(27)24-20(23)29/h3-6,10-11H,7-9H2,1-2H3,(H3,23,24,27,29)/t10-,11-/m1/s1. The Morgan fingerprint density at radius 1 is 1.39 bits per heavy atom. The molecule has 4 rings (SSSR count). The Kier molecular flexibility index (Phi) is 5.85. The van der Waals surface area contributed by atoms with Gasteiger partial charge in [0.15, 0.2) is 5.16 Å². The van der Waals surface area contributed by atoms with Crippen LogP contribution in [0.5, 0.6) is 0 Å². The molecule has 2 aromatic heterocycles. The van der Waals surface area contributed by atoms with Gasteiger partial charge in [-0.1, -0.05) is 30.8 Å². The first-order valence-corrected chi connectivity index (χ1v) is 11.5. The summed E-state index contributed by atoms with van der Waals surface area (Å²) < 4.78 is 15.9. The smallest absolute Gasteiger partial charge is 0.318 e. The monoisotopic (exact) mass is 460 g/mol. The van der Waals surface area contributed by atoms with Gasteiger partial charge in [-0.3, -0.25) is 19.5 Å². The Balaban J connectivity index is 1.91. The number of benzene rings is 1. The number of aryl methyl sites for hydroxylation is 1. The van der Waals surface area contributed by atoms with Gasteiger partial charge >= 0.3 is 6.03 Å². The Labute approximate surface area is 185 Å². The van der Waals surface area contributed by atoms with E-state index in [9.17, 15) is 18.8 Å². The molecule has 31 heavy (non-hydrogen) atoms. The van der Waals surface area contributed by atoms with Crippen LogP contribution in [0.1, 0.15) is 30.7 Å². The SMILES string of the molecule is C[C@@H]1CCc2c(sc3nc(S[C@H](C)C(=O)NC(N)=O)n(-c4ccccc4F)c(=O)c23)C1. The number of halogens is 1. The fraction of sp³-hybridized carbons (Fsp3) is 0.333. The van der Waals surface area contributed by atoms with E-state index < -0.39 is 23.0 Å². The van der Waals surface area contributed by atoms with Crippen molar-refractivity contribution in [2.24, 2.45) is 11.7 Å². The van der Waals surface area contributed by atoms with Gasteiger partial charge in [-0.25, -0.2) is 14.2 Å². The maximum Gasteiger partial charge on any atom is 0.318 e. The summed E-state index contributed by atoms with van der Waals surface area (Å²) in [6.45, 7) is 3.74. The summed E-state index contributed by atoms with van der Waals surface area (Å²) in [5, 5.41) is 1.94. The van der Waals surface area contributed by atoms with Gasteiger partial charge in [0.1, 0.15) is 10.6 Å². The van der Waals surface area contributed by atoms with Crippen LogP contribution >= 0.6 is 23.1 Å². The lowest BCUT2D eigenvalue weighted by Crippen LogP contribution is -2.39. The number of hydrogen-bond acceptors (Lipinski definition) is 6. The van der Waals surface area contributed by atoms with Crippen LogP contribution in [0.15, 0.2) is 34.2 Å². The lowest BCUT2D eigenvalue weighted by Gasteiger charge is -2.18. The summed E-state index contributed by atoms with van der Waals surface area (Å²) in [5.41, 5.74) is 5.74. The van der Waals surface area contributed by atoms with Gasteiger partial charge in [0, 0.05) is 4.88 Å². The van der Waals surface area contributed by atoms with Gasteiger partial charge in [0.25, 0.3) is 5.56 Å². The van der Waals surface area contributed by atoms with E-state index in [2.05, 4.69) is 11.9 Å². The van der Waals surface area contributed by atoms with Crippen molar-refractivity contribution < 1.29 is 14.0 Å². The Bertz CT molecular complexity index is 1250. The van der Waals surface area contributed by atoms with Gasteiger partial charge in [0.05, 0.1) is 16.3 Å². The number of thiophene rings is 1. The molecule has 2 heterocycles. The normalized spacial score (nSPS) is 16.7. The molecule has 1 aromatic carbocycles. The van der Waals surface area contributed by atoms with Crippen molar-refractivity contribution in [3.05, 3.63) is 50.9 Å². The number of nitrogens with one attached hydrogen (secondary N) is 1. The molecule has 1 aliphatic carbocycles. The van der Waals surface area contributed by atoms with Gasteiger partial charge < -0.3 is 5.73 Å². The quantitative estimate of drug-likeness (QED) is 0.458. The van der Waals surface area contributed by atoms with Crippen molar-refractivity contribution in [3.8, 4) is 5.69 Å². The number of urea groups is 1. The van der Waals surface area contributed by atoms with Crippen LogP contribution in [0.2, 0.25) is 0 Å². The molecule has 0 saturated heterocycles. The van der Waals surface area contributed by atoms with Crippen molar-refractivity contribution in [1.29, 1.82) is 0 Å². The van der Waals surface area contributed by atoms with Crippen molar-refractivity contribution in [2.45, 2.75) is 43.5 Å². The Morgan fingerprint density at radius 2 is 2.13 bits per heavy atom. The van der Waals surface area contributed by atoms with Crippen LogP contribution in [-0.4, -0.2) is 26.7 Å². The van der Waals surface area contributed by atoms with E-state index in [1.807, 2.05) is 5.32 Å². The largest absolute Gasteiger partial charge is 0.351 e. The molecule has 2 atom stereocenters. The van der Waals surface area contributed by atoms with Crippen molar-refractivity contribution in [2.75, 3.05) is 0 Å². The van der Waals surface area contributed by atoms with E-state index in [0.29, 0.717) is 16.1 Å². The molecule has 3 aromatic rings. The second-order valence-corrected chi connectivity index (χ2v) is 10.0. The molecule has 0 bridgehead atoms. The van der Waals surface area contributed by atoms with Gasteiger partial charge in [-0.05, 0) is 49.8 Å². The molecule has 0 radical (unpaired) electrons. The minimum Gasteiger partial charge on any atom is -0.351 e. The number of aromatic nitrogens is 2. The molecule has 0 fully saturated rings. The lowest BCUT2D eigenvalue weighted by atomic mass is 9.89. The van der Waals surface area contributed by atoms with Crippen LogP contribution in [0.25, 0.3) is 15.9 Å². The molecule has 1 aliphatic rings. The number of para-hydroxylation sites is 1. The van der Waals surface area contributed by atoms with Crippen molar-refractivity contribution in [1.82, 2.24) is 14.9 Å². The highest BCUT2D eigenvalue weighted by Gasteiger charge is 2.27. The first kappa shape index (κ1) is 21.5. The van der Waals surface area contributed by atoms with Crippen LogP contribution in [0, 0.1) is 11.7 Å². The molecular formula is C21H21FN4O3S2. The maximum absolute atomic E-state index is 14.7.